The zero-order valence-electron chi connectivity index (χ0n) is 12.9. The number of H-pyrrole nitrogens is 1. The van der Waals surface area contributed by atoms with Gasteiger partial charge in [-0.15, -0.1) is 0 Å². The molecule has 0 radical (unpaired) electrons. The van der Waals surface area contributed by atoms with Crippen molar-refractivity contribution in [3.8, 4) is 0 Å². The molecule has 0 aliphatic carbocycles. The zero-order chi connectivity index (χ0) is 17.0. The number of nitrogens with zero attached hydrogens (tertiary/aromatic N) is 1. The van der Waals surface area contributed by atoms with E-state index in [4.69, 9.17) is 0 Å². The Bertz CT molecular complexity index is 673. The van der Waals surface area contributed by atoms with Crippen LogP contribution in [0, 0.1) is 5.92 Å². The fourth-order valence-electron chi connectivity index (χ4n) is 2.05. The first-order valence-corrected chi connectivity index (χ1v) is 7.37. The van der Waals surface area contributed by atoms with Crippen LogP contribution in [0.5, 0.6) is 0 Å². The molecule has 2 rings (SSSR count). The summed E-state index contributed by atoms with van der Waals surface area (Å²) in [6.07, 6.45) is -2.68. The average Bonchev–Trinajstić information content (AvgIpc) is 2.90. The second-order valence-electron chi connectivity index (χ2n) is 5.64. The smallest absolute Gasteiger partial charge is 0.319 e. The molecule has 1 unspecified atom stereocenters. The zero-order valence-corrected chi connectivity index (χ0v) is 12.9. The number of nitrogens with one attached hydrogen (secondary N) is 3. The van der Waals surface area contributed by atoms with Gasteiger partial charge in [-0.3, -0.25) is 0 Å². The summed E-state index contributed by atoms with van der Waals surface area (Å²) in [4.78, 5) is 18.0. The Morgan fingerprint density at radius 2 is 2.13 bits per heavy atom. The number of aliphatic hydroxyl groups excluding tert-OH is 1. The van der Waals surface area contributed by atoms with Crippen LogP contribution < -0.4 is 10.6 Å². The van der Waals surface area contributed by atoms with Crippen LogP contribution in [0.15, 0.2) is 18.2 Å². The van der Waals surface area contributed by atoms with Crippen molar-refractivity contribution < 1.29 is 18.7 Å². The highest BCUT2D eigenvalue weighted by Gasteiger charge is 2.13. The van der Waals surface area contributed by atoms with E-state index in [0.29, 0.717) is 29.7 Å². The van der Waals surface area contributed by atoms with Gasteiger partial charge in [-0.1, -0.05) is 13.8 Å². The van der Waals surface area contributed by atoms with E-state index in [1.165, 1.54) is 6.07 Å². The molecule has 1 aromatic carbocycles. The average molecular weight is 326 g/mol. The number of imidazole rings is 1. The molecule has 0 saturated heterocycles. The van der Waals surface area contributed by atoms with Gasteiger partial charge in [0.15, 0.2) is 5.82 Å². The molecular formula is C15H20F2N4O2. The summed E-state index contributed by atoms with van der Waals surface area (Å²) in [7, 11) is 0. The van der Waals surface area contributed by atoms with Gasteiger partial charge in [0.25, 0.3) is 6.43 Å². The van der Waals surface area contributed by atoms with Gasteiger partial charge in [0.2, 0.25) is 0 Å². The Morgan fingerprint density at radius 1 is 1.39 bits per heavy atom. The first-order chi connectivity index (χ1) is 10.9. The number of rotatable bonds is 6. The highest BCUT2D eigenvalue weighted by atomic mass is 19.3. The van der Waals surface area contributed by atoms with Crippen molar-refractivity contribution in [2.24, 2.45) is 5.92 Å². The molecule has 1 atom stereocenters. The van der Waals surface area contributed by atoms with Crippen molar-refractivity contribution in [2.75, 3.05) is 11.9 Å². The molecule has 0 saturated carbocycles. The third kappa shape index (κ3) is 4.62. The molecule has 23 heavy (non-hydrogen) atoms. The number of anilines is 1. The van der Waals surface area contributed by atoms with Crippen LogP contribution in [0.3, 0.4) is 0 Å². The van der Waals surface area contributed by atoms with Crippen molar-refractivity contribution in [1.29, 1.82) is 0 Å². The van der Waals surface area contributed by atoms with Gasteiger partial charge in [-0.25, -0.2) is 18.6 Å². The van der Waals surface area contributed by atoms with Gasteiger partial charge < -0.3 is 20.7 Å². The van der Waals surface area contributed by atoms with E-state index in [0.717, 1.165) is 0 Å². The van der Waals surface area contributed by atoms with E-state index < -0.39 is 24.4 Å². The lowest BCUT2D eigenvalue weighted by Gasteiger charge is -2.14. The van der Waals surface area contributed by atoms with Crippen LogP contribution in [0.4, 0.5) is 19.3 Å². The molecular weight excluding hydrogens is 306 g/mol. The highest BCUT2D eigenvalue weighted by molar-refractivity contribution is 5.91. The number of aromatic nitrogens is 2. The Labute approximate surface area is 132 Å². The first kappa shape index (κ1) is 17.1. The first-order valence-electron chi connectivity index (χ1n) is 7.37. The quantitative estimate of drug-likeness (QED) is 0.658. The summed E-state index contributed by atoms with van der Waals surface area (Å²) in [5.74, 6) is -0.268. The molecule has 0 bridgehead atoms. The summed E-state index contributed by atoms with van der Waals surface area (Å²) in [5.41, 5.74) is 1.29. The molecule has 2 amide bonds. The standard InChI is InChI=1S/C15H20F2N4O2/c1-8(2)12(22)5-6-18-15(23)19-9-3-4-10-11(7-9)21-14(20-10)13(16)17/h3-4,7-8,12-13,22H,5-6H2,1-2H3,(H,20,21)(H2,18,19,23). The number of hydrogen-bond acceptors (Lipinski definition) is 3. The lowest BCUT2D eigenvalue weighted by atomic mass is 10.0. The maximum Gasteiger partial charge on any atom is 0.319 e. The summed E-state index contributed by atoms with van der Waals surface area (Å²) in [6.45, 7) is 4.14. The Hall–Kier alpha value is -2.22. The number of carbonyl (C=O) groups excluding carboxylic acids is 1. The molecule has 1 heterocycles. The number of aliphatic hydroxyl groups is 1. The van der Waals surface area contributed by atoms with Crippen LogP contribution in [-0.4, -0.2) is 33.8 Å². The number of aromatic amines is 1. The fourth-order valence-corrected chi connectivity index (χ4v) is 2.05. The Morgan fingerprint density at radius 3 is 2.78 bits per heavy atom. The van der Waals surface area contributed by atoms with Crippen molar-refractivity contribution in [2.45, 2.75) is 32.8 Å². The molecule has 1 aromatic heterocycles. The number of halogens is 2. The summed E-state index contributed by atoms with van der Waals surface area (Å²) >= 11 is 0. The van der Waals surface area contributed by atoms with Crippen molar-refractivity contribution in [3.63, 3.8) is 0 Å². The van der Waals surface area contributed by atoms with Crippen LogP contribution in [0.2, 0.25) is 0 Å². The number of urea groups is 1. The van der Waals surface area contributed by atoms with E-state index in [9.17, 15) is 18.7 Å². The summed E-state index contributed by atoms with van der Waals surface area (Å²) < 4.78 is 25.2. The molecule has 0 spiro atoms. The minimum absolute atomic E-state index is 0.131. The molecule has 126 valence electrons. The predicted molar refractivity (Wildman–Crippen MR) is 83.5 cm³/mol. The van der Waals surface area contributed by atoms with Gasteiger partial charge in [-0.05, 0) is 30.5 Å². The van der Waals surface area contributed by atoms with Gasteiger partial charge in [0.1, 0.15) is 0 Å². The minimum atomic E-state index is -2.67. The van der Waals surface area contributed by atoms with Gasteiger partial charge >= 0.3 is 6.03 Å². The maximum atomic E-state index is 12.6. The third-order valence-corrected chi connectivity index (χ3v) is 3.46. The molecule has 0 aliphatic rings. The van der Waals surface area contributed by atoms with E-state index >= 15 is 0 Å². The van der Waals surface area contributed by atoms with Crippen LogP contribution in [0.25, 0.3) is 11.0 Å². The van der Waals surface area contributed by atoms with Crippen molar-refractivity contribution in [3.05, 3.63) is 24.0 Å². The van der Waals surface area contributed by atoms with E-state index in [-0.39, 0.29) is 5.92 Å². The predicted octanol–water partition coefficient (Wildman–Crippen LogP) is 3.03. The maximum absolute atomic E-state index is 12.6. The number of fused-ring (bicyclic) bond motifs is 1. The Kier molecular flexibility index (Phi) is 5.49. The number of carbonyl (C=O) groups is 1. The molecule has 2 aromatic rings. The van der Waals surface area contributed by atoms with Crippen LogP contribution in [-0.2, 0) is 0 Å². The lowest BCUT2D eigenvalue weighted by Crippen LogP contribution is -2.32. The Balaban J connectivity index is 1.92. The second-order valence-corrected chi connectivity index (χ2v) is 5.64. The number of hydrogen-bond donors (Lipinski definition) is 4. The van der Waals surface area contributed by atoms with Crippen molar-refractivity contribution in [1.82, 2.24) is 15.3 Å². The van der Waals surface area contributed by atoms with Crippen LogP contribution >= 0.6 is 0 Å². The largest absolute Gasteiger partial charge is 0.393 e. The SMILES string of the molecule is CC(C)C(O)CCNC(=O)Nc1ccc2nc(C(F)F)[nH]c2c1. The lowest BCUT2D eigenvalue weighted by molar-refractivity contribution is 0.117. The van der Waals surface area contributed by atoms with Crippen molar-refractivity contribution >= 4 is 22.8 Å². The van der Waals surface area contributed by atoms with Gasteiger partial charge in [-0.2, -0.15) is 0 Å². The third-order valence-electron chi connectivity index (χ3n) is 3.46. The highest BCUT2D eigenvalue weighted by Crippen LogP contribution is 2.22. The van der Waals surface area contributed by atoms with E-state index in [1.807, 2.05) is 13.8 Å². The van der Waals surface area contributed by atoms with E-state index in [1.54, 1.807) is 12.1 Å². The minimum Gasteiger partial charge on any atom is -0.393 e. The molecule has 6 nitrogen and oxygen atoms in total. The molecule has 4 N–H and O–H groups in total. The van der Waals surface area contributed by atoms with Gasteiger partial charge in [0, 0.05) is 12.2 Å². The fraction of sp³-hybridized carbons (Fsp3) is 0.467. The topological polar surface area (TPSA) is 90.0 Å². The number of benzene rings is 1. The summed E-state index contributed by atoms with van der Waals surface area (Å²) in [5, 5.41) is 14.9. The number of amides is 2. The number of alkyl halides is 2. The molecule has 0 aliphatic heterocycles. The summed E-state index contributed by atoms with van der Waals surface area (Å²) in [6, 6.07) is 4.25. The molecule has 0 fully saturated rings. The van der Waals surface area contributed by atoms with Gasteiger partial charge in [0.05, 0.1) is 17.1 Å². The van der Waals surface area contributed by atoms with E-state index in [2.05, 4.69) is 20.6 Å². The second kappa shape index (κ2) is 7.36. The van der Waals surface area contributed by atoms with Crippen LogP contribution in [0.1, 0.15) is 32.5 Å². The monoisotopic (exact) mass is 326 g/mol. The molecule has 8 heteroatoms. The normalized spacial score (nSPS) is 12.8.